The van der Waals surface area contributed by atoms with E-state index in [9.17, 15) is 9.59 Å². The minimum atomic E-state index is -0.672. The number of carbonyl (C=O) groups excluding carboxylic acids is 2. The largest absolute Gasteiger partial charge is 0.340 e. The average Bonchev–Trinajstić information content (AvgIpc) is 2.36. The number of nitrogens with two attached hydrogens (primary N) is 1. The summed E-state index contributed by atoms with van der Waals surface area (Å²) in [5.74, 6) is 4.55. The van der Waals surface area contributed by atoms with Crippen LogP contribution in [0.25, 0.3) is 0 Å². The molecule has 1 aromatic carbocycles. The van der Waals surface area contributed by atoms with E-state index < -0.39 is 11.9 Å². The molecule has 1 aromatic rings. The van der Waals surface area contributed by atoms with Crippen LogP contribution in [0, 0.1) is 5.92 Å². The molecular formula is C13H18ClN3O2. The van der Waals surface area contributed by atoms with Gasteiger partial charge in [-0.2, -0.15) is 0 Å². The maximum atomic E-state index is 12.1. The molecule has 0 saturated heterocycles. The third-order valence-electron chi connectivity index (χ3n) is 2.59. The molecule has 1 unspecified atom stereocenters. The van der Waals surface area contributed by atoms with Gasteiger partial charge in [0.15, 0.2) is 0 Å². The second-order valence-corrected chi connectivity index (χ2v) is 5.05. The summed E-state index contributed by atoms with van der Waals surface area (Å²) in [4.78, 5) is 23.7. The maximum Gasteiger partial charge on any atom is 0.256 e. The molecule has 0 bridgehead atoms. The minimum Gasteiger partial charge on any atom is -0.340 e. The Bertz CT molecular complexity index is 463. The Labute approximate surface area is 117 Å². The van der Waals surface area contributed by atoms with Gasteiger partial charge < -0.3 is 5.32 Å². The lowest BCUT2D eigenvalue weighted by Gasteiger charge is -2.19. The Hall–Kier alpha value is -1.59. The molecule has 0 aliphatic carbocycles. The molecule has 0 aromatic heterocycles. The first-order valence-electron chi connectivity index (χ1n) is 6.01. The maximum absolute atomic E-state index is 12.1. The first kappa shape index (κ1) is 15.5. The van der Waals surface area contributed by atoms with Crippen LogP contribution in [0.4, 0.5) is 0 Å². The summed E-state index contributed by atoms with van der Waals surface area (Å²) in [5.41, 5.74) is 2.39. The van der Waals surface area contributed by atoms with Crippen molar-refractivity contribution in [1.29, 1.82) is 0 Å². The van der Waals surface area contributed by atoms with Crippen molar-refractivity contribution in [2.45, 2.75) is 26.3 Å². The molecule has 0 radical (unpaired) electrons. The van der Waals surface area contributed by atoms with Crippen molar-refractivity contribution >= 4 is 23.4 Å². The zero-order valence-electron chi connectivity index (χ0n) is 10.9. The van der Waals surface area contributed by atoms with Crippen molar-refractivity contribution in [3.63, 3.8) is 0 Å². The van der Waals surface area contributed by atoms with Gasteiger partial charge in [0.1, 0.15) is 6.04 Å². The minimum absolute atomic E-state index is 0.244. The van der Waals surface area contributed by atoms with E-state index in [4.69, 9.17) is 17.4 Å². The molecule has 0 fully saturated rings. The SMILES string of the molecule is CC(C)CC(NC(=O)c1ccccc1Cl)C(=O)NN. The van der Waals surface area contributed by atoms with Crippen molar-refractivity contribution in [2.75, 3.05) is 0 Å². The summed E-state index contributed by atoms with van der Waals surface area (Å²) in [6, 6.07) is 5.99. The number of amides is 2. The molecule has 6 heteroatoms. The number of nitrogens with one attached hydrogen (secondary N) is 2. The molecule has 1 atom stereocenters. The van der Waals surface area contributed by atoms with Crippen LogP contribution in [0.15, 0.2) is 24.3 Å². The fourth-order valence-corrected chi connectivity index (χ4v) is 1.91. The van der Waals surface area contributed by atoms with Crippen LogP contribution >= 0.6 is 11.6 Å². The summed E-state index contributed by atoms with van der Waals surface area (Å²) in [6.45, 7) is 3.91. The summed E-state index contributed by atoms with van der Waals surface area (Å²) in [6.07, 6.45) is 0.499. The molecule has 0 spiro atoms. The zero-order chi connectivity index (χ0) is 14.4. The van der Waals surface area contributed by atoms with E-state index in [1.54, 1.807) is 24.3 Å². The lowest BCUT2D eigenvalue weighted by Crippen LogP contribution is -2.49. The molecule has 0 saturated carbocycles. The van der Waals surface area contributed by atoms with Crippen LogP contribution in [0.2, 0.25) is 5.02 Å². The van der Waals surface area contributed by atoms with Gasteiger partial charge in [-0.15, -0.1) is 0 Å². The van der Waals surface area contributed by atoms with Gasteiger partial charge in [-0.3, -0.25) is 15.0 Å². The number of rotatable bonds is 5. The predicted molar refractivity (Wildman–Crippen MR) is 74.5 cm³/mol. The molecule has 4 N–H and O–H groups in total. The van der Waals surface area contributed by atoms with Gasteiger partial charge in [-0.25, -0.2) is 5.84 Å². The van der Waals surface area contributed by atoms with Gasteiger partial charge in [0.2, 0.25) is 0 Å². The van der Waals surface area contributed by atoms with Crippen molar-refractivity contribution in [2.24, 2.45) is 11.8 Å². The molecule has 104 valence electrons. The smallest absolute Gasteiger partial charge is 0.256 e. The Morgan fingerprint density at radius 2 is 1.95 bits per heavy atom. The van der Waals surface area contributed by atoms with E-state index in [1.807, 2.05) is 13.8 Å². The fourth-order valence-electron chi connectivity index (χ4n) is 1.68. The van der Waals surface area contributed by atoms with Crippen LogP contribution < -0.4 is 16.6 Å². The van der Waals surface area contributed by atoms with Crippen molar-refractivity contribution in [3.8, 4) is 0 Å². The molecule has 2 amide bonds. The van der Waals surface area contributed by atoms with E-state index in [0.29, 0.717) is 17.0 Å². The van der Waals surface area contributed by atoms with Crippen molar-refractivity contribution in [3.05, 3.63) is 34.9 Å². The summed E-state index contributed by atoms with van der Waals surface area (Å²) in [7, 11) is 0. The van der Waals surface area contributed by atoms with E-state index in [0.717, 1.165) is 0 Å². The van der Waals surface area contributed by atoms with E-state index in [-0.39, 0.29) is 11.8 Å². The van der Waals surface area contributed by atoms with E-state index in [2.05, 4.69) is 10.7 Å². The highest BCUT2D eigenvalue weighted by atomic mass is 35.5. The fraction of sp³-hybridized carbons (Fsp3) is 0.385. The highest BCUT2D eigenvalue weighted by Crippen LogP contribution is 2.15. The Kier molecular flexibility index (Phi) is 5.79. The monoisotopic (exact) mass is 283 g/mol. The lowest BCUT2D eigenvalue weighted by molar-refractivity contribution is -0.123. The van der Waals surface area contributed by atoms with Crippen LogP contribution in [-0.4, -0.2) is 17.9 Å². The quantitative estimate of drug-likeness (QED) is 0.435. The van der Waals surface area contributed by atoms with Crippen LogP contribution in [0.1, 0.15) is 30.6 Å². The van der Waals surface area contributed by atoms with Crippen LogP contribution in [0.5, 0.6) is 0 Å². The van der Waals surface area contributed by atoms with E-state index in [1.165, 1.54) is 0 Å². The molecule has 0 aliphatic rings. The topological polar surface area (TPSA) is 84.2 Å². The summed E-state index contributed by atoms with van der Waals surface area (Å²) >= 11 is 5.94. The van der Waals surface area contributed by atoms with Gasteiger partial charge in [0.25, 0.3) is 11.8 Å². The van der Waals surface area contributed by atoms with Crippen LogP contribution in [-0.2, 0) is 4.79 Å². The first-order valence-corrected chi connectivity index (χ1v) is 6.39. The van der Waals surface area contributed by atoms with Gasteiger partial charge in [-0.05, 0) is 24.5 Å². The van der Waals surface area contributed by atoms with Gasteiger partial charge in [0, 0.05) is 0 Å². The predicted octanol–water partition coefficient (Wildman–Crippen LogP) is 1.47. The molecule has 19 heavy (non-hydrogen) atoms. The highest BCUT2D eigenvalue weighted by molar-refractivity contribution is 6.33. The standard InChI is InChI=1S/C13H18ClN3O2/c1-8(2)7-11(13(19)17-15)16-12(18)9-5-3-4-6-10(9)14/h3-6,8,11H,7,15H2,1-2H3,(H,16,18)(H,17,19). The Morgan fingerprint density at radius 3 is 2.47 bits per heavy atom. The molecule has 5 nitrogen and oxygen atoms in total. The second-order valence-electron chi connectivity index (χ2n) is 4.64. The van der Waals surface area contributed by atoms with Gasteiger partial charge in [0.05, 0.1) is 10.6 Å². The van der Waals surface area contributed by atoms with Gasteiger partial charge >= 0.3 is 0 Å². The van der Waals surface area contributed by atoms with Crippen LogP contribution in [0.3, 0.4) is 0 Å². The van der Waals surface area contributed by atoms with Gasteiger partial charge in [-0.1, -0.05) is 37.6 Å². The second kappa shape index (κ2) is 7.11. The average molecular weight is 284 g/mol. The number of hydrazine groups is 1. The Morgan fingerprint density at radius 1 is 1.32 bits per heavy atom. The number of halogens is 1. The van der Waals surface area contributed by atoms with E-state index >= 15 is 0 Å². The molecule has 1 rings (SSSR count). The number of carbonyl (C=O) groups is 2. The third kappa shape index (κ3) is 4.54. The highest BCUT2D eigenvalue weighted by Gasteiger charge is 2.22. The first-order chi connectivity index (χ1) is 8.95. The lowest BCUT2D eigenvalue weighted by atomic mass is 10.0. The number of benzene rings is 1. The molecular weight excluding hydrogens is 266 g/mol. The molecule has 0 aliphatic heterocycles. The Balaban J connectivity index is 2.82. The van der Waals surface area contributed by atoms with Crippen molar-refractivity contribution < 1.29 is 9.59 Å². The third-order valence-corrected chi connectivity index (χ3v) is 2.92. The number of hydrogen-bond donors (Lipinski definition) is 3. The van der Waals surface area contributed by atoms with Crippen molar-refractivity contribution in [1.82, 2.24) is 10.7 Å². The normalized spacial score (nSPS) is 12.1. The number of hydrogen-bond acceptors (Lipinski definition) is 3. The summed E-state index contributed by atoms with van der Waals surface area (Å²) < 4.78 is 0. The summed E-state index contributed by atoms with van der Waals surface area (Å²) in [5, 5.41) is 2.98. The molecule has 0 heterocycles. The zero-order valence-corrected chi connectivity index (χ0v) is 11.7.